The molecule has 0 heterocycles. The molecule has 4 heteroatoms. The summed E-state index contributed by atoms with van der Waals surface area (Å²) in [5.74, 6) is -0.444. The van der Waals surface area contributed by atoms with Gasteiger partial charge < -0.3 is 10.5 Å². The van der Waals surface area contributed by atoms with Crippen molar-refractivity contribution in [1.82, 2.24) is 0 Å². The molecule has 0 unspecified atom stereocenters. The van der Waals surface area contributed by atoms with Crippen molar-refractivity contribution in [1.29, 1.82) is 5.41 Å². The fourth-order valence-electron chi connectivity index (χ4n) is 1.89. The Kier molecular flexibility index (Phi) is 4.71. The number of nitrogens with two attached hydrogens (primary N) is 1. The van der Waals surface area contributed by atoms with E-state index in [9.17, 15) is 4.39 Å². The Labute approximate surface area is 117 Å². The molecule has 3 N–H and O–H groups in total. The Hall–Kier alpha value is -2.36. The molecule has 0 amide bonds. The van der Waals surface area contributed by atoms with Crippen LogP contribution in [-0.4, -0.2) is 12.4 Å². The summed E-state index contributed by atoms with van der Waals surface area (Å²) < 4.78 is 19.1. The van der Waals surface area contributed by atoms with Crippen molar-refractivity contribution in [3.8, 4) is 5.75 Å². The zero-order valence-electron chi connectivity index (χ0n) is 11.1. The highest BCUT2D eigenvalue weighted by atomic mass is 19.1. The van der Waals surface area contributed by atoms with Gasteiger partial charge in [-0.1, -0.05) is 30.3 Å². The first-order chi connectivity index (χ1) is 9.66. The van der Waals surface area contributed by atoms with Gasteiger partial charge in [-0.25, -0.2) is 4.39 Å². The highest BCUT2D eigenvalue weighted by Crippen LogP contribution is 2.18. The number of hydrogen-bond donors (Lipinski definition) is 2. The monoisotopic (exact) mass is 272 g/mol. The topological polar surface area (TPSA) is 59.1 Å². The summed E-state index contributed by atoms with van der Waals surface area (Å²) in [6.07, 6.45) is 1.71. The molecule has 20 heavy (non-hydrogen) atoms. The van der Waals surface area contributed by atoms with Gasteiger partial charge >= 0.3 is 0 Å². The molecule has 0 aliphatic heterocycles. The fraction of sp³-hybridized carbons (Fsp3) is 0.188. The van der Waals surface area contributed by atoms with Crippen molar-refractivity contribution in [3.63, 3.8) is 0 Å². The molecule has 0 fully saturated rings. The average molecular weight is 272 g/mol. The maximum Gasteiger partial charge on any atom is 0.165 e. The van der Waals surface area contributed by atoms with E-state index in [4.69, 9.17) is 15.9 Å². The van der Waals surface area contributed by atoms with Crippen molar-refractivity contribution in [2.24, 2.45) is 5.73 Å². The van der Waals surface area contributed by atoms with E-state index in [1.807, 2.05) is 18.2 Å². The molecule has 104 valence electrons. The van der Waals surface area contributed by atoms with Crippen molar-refractivity contribution >= 4 is 5.84 Å². The predicted molar refractivity (Wildman–Crippen MR) is 77.7 cm³/mol. The van der Waals surface area contributed by atoms with Crippen LogP contribution in [0.3, 0.4) is 0 Å². The molecule has 0 radical (unpaired) electrons. The van der Waals surface area contributed by atoms with Crippen LogP contribution in [0.25, 0.3) is 0 Å². The third kappa shape index (κ3) is 3.82. The van der Waals surface area contributed by atoms with Crippen LogP contribution in [0.4, 0.5) is 4.39 Å². The van der Waals surface area contributed by atoms with Crippen LogP contribution in [0.15, 0.2) is 48.5 Å². The number of hydrogen-bond acceptors (Lipinski definition) is 2. The van der Waals surface area contributed by atoms with Gasteiger partial charge in [0, 0.05) is 5.56 Å². The van der Waals surface area contributed by atoms with Gasteiger partial charge in [0.2, 0.25) is 0 Å². The molecule has 0 aliphatic carbocycles. The summed E-state index contributed by atoms with van der Waals surface area (Å²) >= 11 is 0. The minimum absolute atomic E-state index is 0.153. The van der Waals surface area contributed by atoms with Crippen LogP contribution in [0, 0.1) is 11.2 Å². The first-order valence-corrected chi connectivity index (χ1v) is 6.47. The first kappa shape index (κ1) is 14.1. The Morgan fingerprint density at radius 3 is 2.55 bits per heavy atom. The minimum Gasteiger partial charge on any atom is -0.491 e. The van der Waals surface area contributed by atoms with E-state index in [2.05, 4.69) is 12.1 Å². The van der Waals surface area contributed by atoms with E-state index < -0.39 is 5.82 Å². The van der Waals surface area contributed by atoms with E-state index in [-0.39, 0.29) is 11.6 Å². The third-order valence-corrected chi connectivity index (χ3v) is 2.95. The molecule has 0 bridgehead atoms. The maximum atomic E-state index is 13.7. The molecular formula is C16H17FN2O. The molecule has 3 nitrogen and oxygen atoms in total. The van der Waals surface area contributed by atoms with Gasteiger partial charge in [0.15, 0.2) is 11.6 Å². The van der Waals surface area contributed by atoms with Crippen molar-refractivity contribution < 1.29 is 9.13 Å². The normalized spacial score (nSPS) is 10.2. The molecule has 0 saturated carbocycles. The third-order valence-electron chi connectivity index (χ3n) is 2.95. The number of aryl methyl sites for hydroxylation is 1. The molecule has 0 aromatic heterocycles. The van der Waals surface area contributed by atoms with Crippen LogP contribution in [-0.2, 0) is 6.42 Å². The quantitative estimate of drug-likeness (QED) is 0.482. The summed E-state index contributed by atoms with van der Waals surface area (Å²) in [6.45, 7) is 0.450. The van der Waals surface area contributed by atoms with E-state index in [0.717, 1.165) is 12.8 Å². The number of rotatable bonds is 6. The molecular weight excluding hydrogens is 255 g/mol. The Balaban J connectivity index is 1.84. The highest BCUT2D eigenvalue weighted by Gasteiger charge is 2.06. The smallest absolute Gasteiger partial charge is 0.165 e. The summed E-state index contributed by atoms with van der Waals surface area (Å²) in [7, 11) is 0. The SMILES string of the molecule is N=C(N)c1ccc(OCCCc2ccccc2)c(F)c1. The van der Waals surface area contributed by atoms with Crippen LogP contribution in [0.2, 0.25) is 0 Å². The second-order valence-corrected chi connectivity index (χ2v) is 4.50. The van der Waals surface area contributed by atoms with E-state index in [1.54, 1.807) is 6.07 Å². The number of nitrogen functional groups attached to an aromatic ring is 1. The summed E-state index contributed by atoms with van der Waals surface area (Å²) in [6, 6.07) is 14.4. The van der Waals surface area contributed by atoms with E-state index in [1.165, 1.54) is 17.7 Å². The number of benzene rings is 2. The lowest BCUT2D eigenvalue weighted by molar-refractivity contribution is 0.295. The second-order valence-electron chi connectivity index (χ2n) is 4.50. The van der Waals surface area contributed by atoms with Crippen molar-refractivity contribution in [2.45, 2.75) is 12.8 Å². The first-order valence-electron chi connectivity index (χ1n) is 6.47. The minimum atomic E-state index is -0.489. The van der Waals surface area contributed by atoms with E-state index in [0.29, 0.717) is 12.2 Å². The van der Waals surface area contributed by atoms with Crippen LogP contribution >= 0.6 is 0 Å². The van der Waals surface area contributed by atoms with Crippen LogP contribution in [0.1, 0.15) is 17.5 Å². The van der Waals surface area contributed by atoms with Crippen molar-refractivity contribution in [3.05, 3.63) is 65.5 Å². The molecule has 0 atom stereocenters. The Morgan fingerprint density at radius 2 is 1.90 bits per heavy atom. The zero-order valence-corrected chi connectivity index (χ0v) is 11.1. The summed E-state index contributed by atoms with van der Waals surface area (Å²) in [4.78, 5) is 0. The number of amidine groups is 1. The standard InChI is InChI=1S/C16H17FN2O/c17-14-11-13(16(18)19)8-9-15(14)20-10-4-7-12-5-2-1-3-6-12/h1-3,5-6,8-9,11H,4,7,10H2,(H3,18,19). The fourth-order valence-corrected chi connectivity index (χ4v) is 1.89. The average Bonchev–Trinajstić information content (AvgIpc) is 2.46. The van der Waals surface area contributed by atoms with Crippen LogP contribution in [0.5, 0.6) is 5.75 Å². The molecule has 0 saturated heterocycles. The Bertz CT molecular complexity index is 584. The lowest BCUT2D eigenvalue weighted by Crippen LogP contribution is -2.11. The van der Waals surface area contributed by atoms with Gasteiger partial charge in [0.05, 0.1) is 6.61 Å². The van der Waals surface area contributed by atoms with Gasteiger partial charge in [0.1, 0.15) is 5.84 Å². The van der Waals surface area contributed by atoms with Gasteiger partial charge in [0.25, 0.3) is 0 Å². The van der Waals surface area contributed by atoms with Gasteiger partial charge in [-0.2, -0.15) is 0 Å². The summed E-state index contributed by atoms with van der Waals surface area (Å²) in [5, 5.41) is 7.24. The second kappa shape index (κ2) is 6.70. The maximum absolute atomic E-state index is 13.7. The molecule has 2 aromatic rings. The molecule has 2 rings (SSSR count). The predicted octanol–water partition coefficient (Wildman–Crippen LogP) is 3.12. The van der Waals surface area contributed by atoms with Crippen LogP contribution < -0.4 is 10.5 Å². The Morgan fingerprint density at radius 1 is 1.15 bits per heavy atom. The lowest BCUT2D eigenvalue weighted by atomic mass is 10.1. The molecule has 2 aromatic carbocycles. The molecule has 0 aliphatic rings. The van der Waals surface area contributed by atoms with E-state index >= 15 is 0 Å². The number of nitrogens with one attached hydrogen (secondary N) is 1. The highest BCUT2D eigenvalue weighted by molar-refractivity contribution is 5.95. The van der Waals surface area contributed by atoms with Crippen molar-refractivity contribution in [2.75, 3.05) is 6.61 Å². The van der Waals surface area contributed by atoms with Gasteiger partial charge in [-0.3, -0.25) is 5.41 Å². The molecule has 0 spiro atoms. The zero-order chi connectivity index (χ0) is 14.4. The summed E-state index contributed by atoms with van der Waals surface area (Å²) in [5.41, 5.74) is 6.89. The lowest BCUT2D eigenvalue weighted by Gasteiger charge is -2.08. The number of ether oxygens (including phenoxy) is 1. The van der Waals surface area contributed by atoms with Gasteiger partial charge in [-0.05, 0) is 36.6 Å². The largest absolute Gasteiger partial charge is 0.491 e. The van der Waals surface area contributed by atoms with Gasteiger partial charge in [-0.15, -0.1) is 0 Å². The number of halogens is 1.